The number of aromatic hydroxyl groups is 2. The molecule has 0 amide bonds. The Labute approximate surface area is 98.9 Å². The van der Waals surface area contributed by atoms with Crippen LogP contribution in [0.3, 0.4) is 0 Å². The summed E-state index contributed by atoms with van der Waals surface area (Å²) in [5.74, 6) is 0.490. The first-order valence-corrected chi connectivity index (χ1v) is 5.46. The van der Waals surface area contributed by atoms with Gasteiger partial charge in [-0.2, -0.15) is 0 Å². The van der Waals surface area contributed by atoms with Crippen molar-refractivity contribution >= 4 is 0 Å². The fourth-order valence-electron chi connectivity index (χ4n) is 2.20. The lowest BCUT2D eigenvalue weighted by molar-refractivity contribution is 0.109. The van der Waals surface area contributed by atoms with Crippen molar-refractivity contribution in [2.75, 3.05) is 0 Å². The van der Waals surface area contributed by atoms with Crippen molar-refractivity contribution in [3.8, 4) is 22.6 Å². The van der Waals surface area contributed by atoms with E-state index in [-0.39, 0.29) is 11.5 Å². The van der Waals surface area contributed by atoms with Crippen LogP contribution < -0.4 is 0 Å². The zero-order valence-electron chi connectivity index (χ0n) is 9.18. The average Bonchev–Trinajstić information content (AvgIpc) is 2.47. The highest BCUT2D eigenvalue weighted by Gasteiger charge is 2.15. The molecule has 1 aliphatic rings. The molecular weight excluding hydrogens is 216 g/mol. The molecule has 3 heteroatoms. The van der Waals surface area contributed by atoms with Crippen molar-refractivity contribution in [2.24, 2.45) is 0 Å². The molecule has 1 heterocycles. The van der Waals surface area contributed by atoms with Crippen LogP contribution in [0.25, 0.3) is 11.1 Å². The van der Waals surface area contributed by atoms with Crippen LogP contribution in [-0.2, 0) is 18.0 Å². The molecule has 0 unspecified atom stereocenters. The van der Waals surface area contributed by atoms with E-state index in [4.69, 9.17) is 4.74 Å². The molecule has 86 valence electrons. The number of hydrogen-bond acceptors (Lipinski definition) is 3. The maximum atomic E-state index is 9.48. The Bertz CT molecular complexity index is 524. The summed E-state index contributed by atoms with van der Waals surface area (Å²) in [5, 5.41) is 19.0. The number of ether oxygens (including phenoxy) is 1. The normalized spacial score (nSPS) is 13.6. The minimum absolute atomic E-state index is 0.245. The van der Waals surface area contributed by atoms with Crippen molar-refractivity contribution in [1.29, 1.82) is 0 Å². The van der Waals surface area contributed by atoms with Gasteiger partial charge in [-0.05, 0) is 46.5 Å². The molecule has 0 saturated carbocycles. The molecule has 0 aromatic heterocycles. The minimum atomic E-state index is 0.245. The molecule has 0 fully saturated rings. The van der Waals surface area contributed by atoms with Gasteiger partial charge < -0.3 is 14.9 Å². The fraction of sp³-hybridized carbons (Fsp3) is 0.143. The SMILES string of the molecule is Oc1ccc2c(c1)COCc1cc(O)ccc1-2. The molecule has 3 nitrogen and oxygen atoms in total. The first kappa shape index (κ1) is 10.2. The van der Waals surface area contributed by atoms with Crippen molar-refractivity contribution in [3.63, 3.8) is 0 Å². The number of phenols is 2. The topological polar surface area (TPSA) is 49.7 Å². The molecule has 0 radical (unpaired) electrons. The van der Waals surface area contributed by atoms with Crippen LogP contribution >= 0.6 is 0 Å². The third-order valence-corrected chi connectivity index (χ3v) is 2.98. The van der Waals surface area contributed by atoms with E-state index >= 15 is 0 Å². The van der Waals surface area contributed by atoms with Crippen molar-refractivity contribution in [3.05, 3.63) is 47.5 Å². The molecule has 3 rings (SSSR count). The van der Waals surface area contributed by atoms with Gasteiger partial charge in [-0.3, -0.25) is 0 Å². The van der Waals surface area contributed by atoms with Crippen molar-refractivity contribution < 1.29 is 14.9 Å². The monoisotopic (exact) mass is 228 g/mol. The third-order valence-electron chi connectivity index (χ3n) is 2.98. The molecule has 0 aliphatic carbocycles. The summed E-state index contributed by atoms with van der Waals surface area (Å²) >= 11 is 0. The number of rotatable bonds is 0. The predicted octanol–water partition coefficient (Wildman–Crippen LogP) is 2.80. The van der Waals surface area contributed by atoms with E-state index in [1.165, 1.54) is 0 Å². The van der Waals surface area contributed by atoms with Gasteiger partial charge in [-0.15, -0.1) is 0 Å². The summed E-state index contributed by atoms with van der Waals surface area (Å²) in [7, 11) is 0. The van der Waals surface area contributed by atoms with Crippen molar-refractivity contribution in [2.45, 2.75) is 13.2 Å². The Morgan fingerprint density at radius 1 is 0.765 bits per heavy atom. The van der Waals surface area contributed by atoms with E-state index in [0.29, 0.717) is 13.2 Å². The summed E-state index contributed by atoms with van der Waals surface area (Å²) in [5.41, 5.74) is 4.04. The number of phenolic OH excluding ortho intramolecular Hbond substituents is 2. The highest BCUT2D eigenvalue weighted by Crippen LogP contribution is 2.34. The molecule has 0 atom stereocenters. The van der Waals surface area contributed by atoms with Crippen LogP contribution in [0.2, 0.25) is 0 Å². The zero-order chi connectivity index (χ0) is 11.8. The second-order valence-corrected chi connectivity index (χ2v) is 4.18. The van der Waals surface area contributed by atoms with Crippen LogP contribution in [-0.4, -0.2) is 10.2 Å². The Kier molecular flexibility index (Phi) is 2.27. The summed E-state index contributed by atoms with van der Waals surface area (Å²) in [6, 6.07) is 10.5. The highest BCUT2D eigenvalue weighted by molar-refractivity contribution is 5.72. The van der Waals surface area contributed by atoms with Gasteiger partial charge in [-0.1, -0.05) is 12.1 Å². The number of hydrogen-bond donors (Lipinski definition) is 2. The van der Waals surface area contributed by atoms with E-state index in [1.54, 1.807) is 24.3 Å². The zero-order valence-corrected chi connectivity index (χ0v) is 9.18. The fourth-order valence-corrected chi connectivity index (χ4v) is 2.20. The van der Waals surface area contributed by atoms with Crippen molar-refractivity contribution in [1.82, 2.24) is 0 Å². The number of benzene rings is 2. The predicted molar refractivity (Wildman–Crippen MR) is 63.7 cm³/mol. The van der Waals surface area contributed by atoms with E-state index in [9.17, 15) is 10.2 Å². The van der Waals surface area contributed by atoms with E-state index in [1.807, 2.05) is 12.1 Å². The van der Waals surface area contributed by atoms with Gasteiger partial charge in [0.15, 0.2) is 0 Å². The van der Waals surface area contributed by atoms with Gasteiger partial charge in [-0.25, -0.2) is 0 Å². The quantitative estimate of drug-likeness (QED) is 0.729. The second kappa shape index (κ2) is 3.79. The molecular formula is C14H12O3. The Hall–Kier alpha value is -2.00. The first-order valence-electron chi connectivity index (χ1n) is 5.46. The van der Waals surface area contributed by atoms with Gasteiger partial charge in [0, 0.05) is 0 Å². The smallest absolute Gasteiger partial charge is 0.115 e. The van der Waals surface area contributed by atoms with Crippen LogP contribution in [0.4, 0.5) is 0 Å². The molecule has 0 spiro atoms. The molecule has 0 saturated heterocycles. The van der Waals surface area contributed by atoms with Gasteiger partial charge in [0.25, 0.3) is 0 Å². The summed E-state index contributed by atoms with van der Waals surface area (Å²) in [6.07, 6.45) is 0. The Balaban J connectivity index is 2.24. The van der Waals surface area contributed by atoms with Crippen LogP contribution in [0.5, 0.6) is 11.5 Å². The average molecular weight is 228 g/mol. The lowest BCUT2D eigenvalue weighted by Gasteiger charge is -2.08. The van der Waals surface area contributed by atoms with Crippen LogP contribution in [0, 0.1) is 0 Å². The highest BCUT2D eigenvalue weighted by atomic mass is 16.5. The minimum Gasteiger partial charge on any atom is -0.508 e. The van der Waals surface area contributed by atoms with Gasteiger partial charge in [0.2, 0.25) is 0 Å². The molecule has 2 aromatic carbocycles. The van der Waals surface area contributed by atoms with E-state index in [2.05, 4.69) is 0 Å². The lowest BCUT2D eigenvalue weighted by atomic mass is 9.96. The van der Waals surface area contributed by atoms with Crippen LogP contribution in [0.1, 0.15) is 11.1 Å². The number of fused-ring (bicyclic) bond motifs is 3. The van der Waals surface area contributed by atoms with Crippen LogP contribution in [0.15, 0.2) is 36.4 Å². The maximum absolute atomic E-state index is 9.48. The van der Waals surface area contributed by atoms with Gasteiger partial charge in [0.05, 0.1) is 13.2 Å². The molecule has 17 heavy (non-hydrogen) atoms. The summed E-state index contributed by atoms with van der Waals surface area (Å²) < 4.78 is 5.54. The largest absolute Gasteiger partial charge is 0.508 e. The van der Waals surface area contributed by atoms with E-state index < -0.39 is 0 Å². The molecule has 2 aromatic rings. The molecule has 1 aliphatic heterocycles. The first-order chi connectivity index (χ1) is 8.24. The van der Waals surface area contributed by atoms with E-state index in [0.717, 1.165) is 22.3 Å². The standard InChI is InChI=1S/C14H12O3/c15-11-1-3-13-9(5-11)7-17-8-10-6-12(16)2-4-14(10)13/h1-6,15-16H,7-8H2. The third kappa shape index (κ3) is 1.74. The second-order valence-electron chi connectivity index (χ2n) is 4.18. The Morgan fingerprint density at radius 2 is 1.24 bits per heavy atom. The molecule has 0 bridgehead atoms. The lowest BCUT2D eigenvalue weighted by Crippen LogP contribution is -1.89. The van der Waals surface area contributed by atoms with Gasteiger partial charge >= 0.3 is 0 Å². The summed E-state index contributed by atoms with van der Waals surface area (Å²) in [6.45, 7) is 0.943. The van der Waals surface area contributed by atoms with Gasteiger partial charge in [0.1, 0.15) is 11.5 Å². The summed E-state index contributed by atoms with van der Waals surface area (Å²) in [4.78, 5) is 0. The Morgan fingerprint density at radius 3 is 1.71 bits per heavy atom. The maximum Gasteiger partial charge on any atom is 0.115 e. The molecule has 2 N–H and O–H groups in total.